The van der Waals surface area contributed by atoms with Gasteiger partial charge in [-0.1, -0.05) is 24.0 Å². The molecule has 1 aliphatic carbocycles. The van der Waals surface area contributed by atoms with Crippen molar-refractivity contribution in [3.05, 3.63) is 47.5 Å². The molecular weight excluding hydrogens is 372 g/mol. The molecule has 1 amide bonds. The predicted octanol–water partition coefficient (Wildman–Crippen LogP) is 1.67. The first kappa shape index (κ1) is 20.8. The highest BCUT2D eigenvalue weighted by molar-refractivity contribution is 6.00. The average Bonchev–Trinajstić information content (AvgIpc) is 3.47. The number of fused-ring (bicyclic) bond motifs is 1. The maximum absolute atomic E-state index is 12.6. The number of benzene rings is 2. The number of hydrogen-bond acceptors (Lipinski definition) is 6. The standard InChI is InChI=1S/C22H24N2O5/c1-22(2,23)19(21(27)29-28)24-20(26)17-8-7-14-9-13(3-5-15(14)10-17)4-6-16-11-18(16)12-25/h3,5,7-10,16,18-19,25,28H,11-12,23H2,1-2H3,(H,24,26)/t16?,18-,19-/m1/s1. The zero-order valence-electron chi connectivity index (χ0n) is 16.3. The first-order chi connectivity index (χ1) is 13.7. The smallest absolute Gasteiger partial charge is 0.365 e. The zero-order chi connectivity index (χ0) is 21.2. The van der Waals surface area contributed by atoms with Gasteiger partial charge < -0.3 is 16.2 Å². The Morgan fingerprint density at radius 3 is 2.59 bits per heavy atom. The summed E-state index contributed by atoms with van der Waals surface area (Å²) in [6.45, 7) is 3.27. The van der Waals surface area contributed by atoms with E-state index in [1.165, 1.54) is 0 Å². The molecule has 3 rings (SSSR count). The molecular formula is C22H24N2O5. The van der Waals surface area contributed by atoms with Gasteiger partial charge in [0.05, 0.1) is 0 Å². The SMILES string of the molecule is CC(C)(N)[C@H](NC(=O)c1ccc2cc(C#CC3C[C@@H]3CO)ccc2c1)C(=O)OO. The fraction of sp³-hybridized carbons (Fsp3) is 0.364. The van der Waals surface area contributed by atoms with Crippen molar-refractivity contribution in [2.45, 2.75) is 31.8 Å². The van der Waals surface area contributed by atoms with Crippen molar-refractivity contribution in [2.24, 2.45) is 17.6 Å². The molecule has 1 aliphatic rings. The van der Waals surface area contributed by atoms with Gasteiger partial charge in [0.25, 0.3) is 5.91 Å². The molecule has 152 valence electrons. The third-order valence-electron chi connectivity index (χ3n) is 5.01. The second-order valence-electron chi connectivity index (χ2n) is 7.97. The molecule has 7 nitrogen and oxygen atoms in total. The van der Waals surface area contributed by atoms with Crippen LogP contribution in [-0.2, 0) is 9.68 Å². The van der Waals surface area contributed by atoms with Gasteiger partial charge in [-0.25, -0.2) is 4.79 Å². The second kappa shape index (κ2) is 8.21. The number of carbonyl (C=O) groups excluding carboxylic acids is 2. The number of aliphatic hydroxyl groups excluding tert-OH is 1. The highest BCUT2D eigenvalue weighted by Crippen LogP contribution is 2.37. The van der Waals surface area contributed by atoms with E-state index in [0.717, 1.165) is 22.8 Å². The summed E-state index contributed by atoms with van der Waals surface area (Å²) < 4.78 is 0. The lowest BCUT2D eigenvalue weighted by molar-refractivity contribution is -0.237. The second-order valence-corrected chi connectivity index (χ2v) is 7.97. The van der Waals surface area contributed by atoms with E-state index in [9.17, 15) is 9.59 Å². The van der Waals surface area contributed by atoms with Gasteiger partial charge in [-0.3, -0.25) is 9.68 Å². The molecule has 1 saturated carbocycles. The highest BCUT2D eigenvalue weighted by Gasteiger charge is 2.35. The molecule has 3 atom stereocenters. The minimum absolute atomic E-state index is 0.181. The van der Waals surface area contributed by atoms with Gasteiger partial charge in [0.15, 0.2) is 0 Å². The van der Waals surface area contributed by atoms with E-state index in [0.29, 0.717) is 11.5 Å². The van der Waals surface area contributed by atoms with Crippen molar-refractivity contribution in [1.82, 2.24) is 5.32 Å². The number of rotatable bonds is 5. The molecule has 0 saturated heterocycles. The van der Waals surface area contributed by atoms with E-state index in [1.54, 1.807) is 32.0 Å². The molecule has 7 heteroatoms. The van der Waals surface area contributed by atoms with Crippen molar-refractivity contribution >= 4 is 22.6 Å². The molecule has 2 aromatic carbocycles. The Morgan fingerprint density at radius 2 is 1.97 bits per heavy atom. The van der Waals surface area contributed by atoms with Crippen LogP contribution in [0.15, 0.2) is 36.4 Å². The molecule has 1 unspecified atom stereocenters. The summed E-state index contributed by atoms with van der Waals surface area (Å²) in [7, 11) is 0. The van der Waals surface area contributed by atoms with Crippen LogP contribution < -0.4 is 11.1 Å². The summed E-state index contributed by atoms with van der Waals surface area (Å²) in [6, 6.07) is 9.63. The monoisotopic (exact) mass is 396 g/mol. The van der Waals surface area contributed by atoms with Crippen LogP contribution in [0.25, 0.3) is 10.8 Å². The molecule has 0 heterocycles. The molecule has 5 N–H and O–H groups in total. The van der Waals surface area contributed by atoms with Crippen LogP contribution in [0.4, 0.5) is 0 Å². The number of nitrogens with two attached hydrogens (primary N) is 1. The Balaban J connectivity index is 1.77. The Hall–Kier alpha value is -2.92. The van der Waals surface area contributed by atoms with Gasteiger partial charge >= 0.3 is 5.97 Å². The molecule has 29 heavy (non-hydrogen) atoms. The van der Waals surface area contributed by atoms with Crippen LogP contribution in [0.5, 0.6) is 0 Å². The summed E-state index contributed by atoms with van der Waals surface area (Å²) in [5.74, 6) is 5.33. The number of nitrogens with one attached hydrogen (secondary N) is 1. The first-order valence-electron chi connectivity index (χ1n) is 9.34. The Bertz CT molecular complexity index is 1000. The number of aliphatic hydroxyl groups is 1. The first-order valence-corrected chi connectivity index (χ1v) is 9.34. The largest absolute Gasteiger partial charge is 0.396 e. The van der Waals surface area contributed by atoms with E-state index in [2.05, 4.69) is 22.0 Å². The van der Waals surface area contributed by atoms with Crippen LogP contribution in [0.2, 0.25) is 0 Å². The van der Waals surface area contributed by atoms with Gasteiger partial charge in [-0.2, -0.15) is 5.26 Å². The number of carbonyl (C=O) groups is 2. The Morgan fingerprint density at radius 1 is 1.28 bits per heavy atom. The molecule has 2 aromatic rings. The zero-order valence-corrected chi connectivity index (χ0v) is 16.3. The third kappa shape index (κ3) is 4.93. The van der Waals surface area contributed by atoms with Crippen molar-refractivity contribution in [2.75, 3.05) is 6.61 Å². The van der Waals surface area contributed by atoms with E-state index in [-0.39, 0.29) is 12.5 Å². The van der Waals surface area contributed by atoms with E-state index < -0.39 is 23.5 Å². The Kier molecular flexibility index (Phi) is 5.89. The summed E-state index contributed by atoms with van der Waals surface area (Å²) in [4.78, 5) is 28.1. The van der Waals surface area contributed by atoms with Crippen molar-refractivity contribution in [3.8, 4) is 11.8 Å². The fourth-order valence-corrected chi connectivity index (χ4v) is 3.08. The fourth-order valence-electron chi connectivity index (χ4n) is 3.08. The maximum Gasteiger partial charge on any atom is 0.365 e. The third-order valence-corrected chi connectivity index (χ3v) is 5.01. The van der Waals surface area contributed by atoms with Gasteiger partial charge in [0.1, 0.15) is 6.04 Å². The van der Waals surface area contributed by atoms with Crippen molar-refractivity contribution in [1.29, 1.82) is 0 Å². The molecule has 0 radical (unpaired) electrons. The maximum atomic E-state index is 12.6. The normalized spacial score (nSPS) is 19.1. The van der Waals surface area contributed by atoms with Crippen molar-refractivity contribution < 1.29 is 24.8 Å². The van der Waals surface area contributed by atoms with Gasteiger partial charge in [-0.05, 0) is 61.2 Å². The van der Waals surface area contributed by atoms with Crippen LogP contribution in [0.3, 0.4) is 0 Å². The van der Waals surface area contributed by atoms with Crippen LogP contribution in [0.1, 0.15) is 36.2 Å². The van der Waals surface area contributed by atoms with Gasteiger partial charge in [0, 0.05) is 29.2 Å². The van der Waals surface area contributed by atoms with Crippen molar-refractivity contribution in [3.63, 3.8) is 0 Å². The van der Waals surface area contributed by atoms with E-state index >= 15 is 0 Å². The molecule has 0 aliphatic heterocycles. The van der Waals surface area contributed by atoms with Crippen LogP contribution >= 0.6 is 0 Å². The lowest BCUT2D eigenvalue weighted by atomic mass is 9.95. The van der Waals surface area contributed by atoms with E-state index in [1.807, 2.05) is 18.2 Å². The summed E-state index contributed by atoms with van der Waals surface area (Å²) in [5, 5.41) is 22.0. The predicted molar refractivity (Wildman–Crippen MR) is 108 cm³/mol. The molecule has 0 bridgehead atoms. The Labute approximate surface area is 168 Å². The topological polar surface area (TPSA) is 122 Å². The quantitative estimate of drug-likeness (QED) is 0.346. The number of hydrogen-bond donors (Lipinski definition) is 4. The van der Waals surface area contributed by atoms with Crippen LogP contribution in [-0.4, -0.2) is 40.4 Å². The summed E-state index contributed by atoms with van der Waals surface area (Å²) >= 11 is 0. The lowest BCUT2D eigenvalue weighted by Crippen LogP contribution is -2.59. The van der Waals surface area contributed by atoms with Crippen LogP contribution in [0, 0.1) is 23.7 Å². The highest BCUT2D eigenvalue weighted by atomic mass is 17.1. The lowest BCUT2D eigenvalue weighted by Gasteiger charge is -2.28. The molecule has 0 spiro atoms. The average molecular weight is 396 g/mol. The van der Waals surface area contributed by atoms with Gasteiger partial charge in [0.2, 0.25) is 0 Å². The number of amides is 1. The van der Waals surface area contributed by atoms with Gasteiger partial charge in [-0.15, -0.1) is 0 Å². The summed E-state index contributed by atoms with van der Waals surface area (Å²) in [5.41, 5.74) is 6.00. The summed E-state index contributed by atoms with van der Waals surface area (Å²) in [6.07, 6.45) is 0.944. The molecule has 1 fully saturated rings. The molecule has 0 aromatic heterocycles. The van der Waals surface area contributed by atoms with E-state index in [4.69, 9.17) is 16.1 Å². The minimum atomic E-state index is -1.21. The minimum Gasteiger partial charge on any atom is -0.396 e.